The fourth-order valence-electron chi connectivity index (χ4n) is 2.02. The number of aromatic nitrogens is 3. The number of hydrogen-bond acceptors (Lipinski definition) is 6. The first-order valence-electron chi connectivity index (χ1n) is 6.06. The molecule has 110 valence electrons. The number of anilines is 1. The van der Waals surface area contributed by atoms with Gasteiger partial charge in [-0.3, -0.25) is 9.38 Å². The highest BCUT2D eigenvalue weighted by atomic mass is 32.2. The summed E-state index contributed by atoms with van der Waals surface area (Å²) in [6.07, 6.45) is 4.92. The van der Waals surface area contributed by atoms with E-state index in [9.17, 15) is 8.42 Å². The molecule has 21 heavy (non-hydrogen) atoms. The molecule has 0 aromatic carbocycles. The molecule has 7 nitrogen and oxygen atoms in total. The fourth-order valence-corrected chi connectivity index (χ4v) is 4.12. The standard InChI is InChI=1S/C12H13N5O2S2/c1-16(8-9-3-2-4-14-7-9)21(18,19)11-10(13)15-12-17(11)5-6-20-12/h2-7H,8,13H2,1H3. The van der Waals surface area contributed by atoms with Crippen molar-refractivity contribution in [3.63, 3.8) is 0 Å². The first kappa shape index (κ1) is 14.0. The van der Waals surface area contributed by atoms with Crippen molar-refractivity contribution >= 4 is 32.1 Å². The molecule has 0 amide bonds. The molecule has 0 atom stereocenters. The van der Waals surface area contributed by atoms with Crippen LogP contribution in [0.5, 0.6) is 0 Å². The highest BCUT2D eigenvalue weighted by Crippen LogP contribution is 2.26. The van der Waals surface area contributed by atoms with Crippen LogP contribution in [0, 0.1) is 0 Å². The molecule has 0 spiro atoms. The lowest BCUT2D eigenvalue weighted by Crippen LogP contribution is -2.28. The minimum absolute atomic E-state index is 0.00476. The predicted molar refractivity (Wildman–Crippen MR) is 80.4 cm³/mol. The van der Waals surface area contributed by atoms with E-state index in [0.29, 0.717) is 4.96 Å². The largest absolute Gasteiger partial charge is 0.381 e. The maximum absolute atomic E-state index is 12.7. The van der Waals surface area contributed by atoms with Crippen LogP contribution in [0.15, 0.2) is 41.1 Å². The van der Waals surface area contributed by atoms with Crippen LogP contribution in [-0.4, -0.2) is 34.1 Å². The lowest BCUT2D eigenvalue weighted by molar-refractivity contribution is 0.463. The van der Waals surface area contributed by atoms with Gasteiger partial charge in [-0.15, -0.1) is 11.3 Å². The van der Waals surface area contributed by atoms with Gasteiger partial charge in [0.2, 0.25) is 0 Å². The van der Waals surface area contributed by atoms with E-state index in [2.05, 4.69) is 9.97 Å². The fraction of sp³-hybridized carbons (Fsp3) is 0.167. The van der Waals surface area contributed by atoms with E-state index < -0.39 is 10.0 Å². The molecule has 0 saturated heterocycles. The van der Waals surface area contributed by atoms with Gasteiger partial charge in [0.1, 0.15) is 0 Å². The second-order valence-corrected chi connectivity index (χ2v) is 7.31. The van der Waals surface area contributed by atoms with E-state index in [-0.39, 0.29) is 17.4 Å². The summed E-state index contributed by atoms with van der Waals surface area (Å²) in [7, 11) is -2.23. The summed E-state index contributed by atoms with van der Waals surface area (Å²) in [6, 6.07) is 3.58. The first-order chi connectivity index (χ1) is 10.00. The molecule has 0 aliphatic carbocycles. The number of rotatable bonds is 4. The van der Waals surface area contributed by atoms with Gasteiger partial charge in [0, 0.05) is 37.6 Å². The Morgan fingerprint density at radius 2 is 2.29 bits per heavy atom. The smallest absolute Gasteiger partial charge is 0.262 e. The SMILES string of the molecule is CN(Cc1cccnc1)S(=O)(=O)c1c(N)nc2sccn12. The van der Waals surface area contributed by atoms with Gasteiger partial charge in [0.25, 0.3) is 10.0 Å². The van der Waals surface area contributed by atoms with Gasteiger partial charge in [0.15, 0.2) is 15.8 Å². The van der Waals surface area contributed by atoms with Gasteiger partial charge in [-0.25, -0.2) is 13.4 Å². The molecular weight excluding hydrogens is 310 g/mol. The molecule has 3 rings (SSSR count). The third-order valence-electron chi connectivity index (χ3n) is 3.03. The zero-order chi connectivity index (χ0) is 15.0. The molecule has 0 bridgehead atoms. The normalized spacial score (nSPS) is 12.3. The number of nitrogens with two attached hydrogens (primary N) is 1. The third-order valence-corrected chi connectivity index (χ3v) is 5.63. The van der Waals surface area contributed by atoms with Crippen molar-refractivity contribution in [2.24, 2.45) is 0 Å². The van der Waals surface area contributed by atoms with Crippen molar-refractivity contribution in [1.82, 2.24) is 18.7 Å². The monoisotopic (exact) mass is 323 g/mol. The van der Waals surface area contributed by atoms with Gasteiger partial charge in [-0.2, -0.15) is 4.31 Å². The number of nitrogen functional groups attached to an aromatic ring is 1. The number of hydrogen-bond donors (Lipinski definition) is 1. The molecule has 0 radical (unpaired) electrons. The topological polar surface area (TPSA) is 93.6 Å². The number of imidazole rings is 1. The Morgan fingerprint density at radius 1 is 1.48 bits per heavy atom. The summed E-state index contributed by atoms with van der Waals surface area (Å²) in [5, 5.41) is 1.77. The van der Waals surface area contributed by atoms with Gasteiger partial charge in [-0.05, 0) is 11.6 Å². The molecule has 0 aliphatic heterocycles. The average molecular weight is 323 g/mol. The lowest BCUT2D eigenvalue weighted by Gasteiger charge is -2.16. The van der Waals surface area contributed by atoms with Crippen molar-refractivity contribution in [3.05, 3.63) is 41.7 Å². The van der Waals surface area contributed by atoms with E-state index in [4.69, 9.17) is 5.73 Å². The quantitative estimate of drug-likeness (QED) is 0.778. The molecule has 3 aromatic rings. The van der Waals surface area contributed by atoms with Crippen molar-refractivity contribution in [1.29, 1.82) is 0 Å². The summed E-state index contributed by atoms with van der Waals surface area (Å²) >= 11 is 1.33. The first-order valence-corrected chi connectivity index (χ1v) is 8.38. The Kier molecular flexibility index (Phi) is 3.40. The summed E-state index contributed by atoms with van der Waals surface area (Å²) < 4.78 is 28.1. The van der Waals surface area contributed by atoms with Gasteiger partial charge < -0.3 is 5.73 Å². The average Bonchev–Trinajstić information content (AvgIpc) is 2.99. The molecule has 0 unspecified atom stereocenters. The van der Waals surface area contributed by atoms with Crippen LogP contribution in [0.25, 0.3) is 4.96 Å². The Hall–Kier alpha value is -1.97. The number of nitrogens with zero attached hydrogens (tertiary/aromatic N) is 4. The van der Waals surface area contributed by atoms with E-state index in [1.165, 1.54) is 27.1 Å². The highest BCUT2D eigenvalue weighted by Gasteiger charge is 2.28. The van der Waals surface area contributed by atoms with Crippen LogP contribution in [0.3, 0.4) is 0 Å². The molecule has 2 N–H and O–H groups in total. The van der Waals surface area contributed by atoms with Crippen LogP contribution in [0.1, 0.15) is 5.56 Å². The molecule has 0 aliphatic rings. The minimum atomic E-state index is -3.73. The highest BCUT2D eigenvalue weighted by molar-refractivity contribution is 7.89. The molecular formula is C12H13N5O2S2. The van der Waals surface area contributed by atoms with Crippen LogP contribution in [-0.2, 0) is 16.6 Å². The summed E-state index contributed by atoms with van der Waals surface area (Å²) in [4.78, 5) is 8.61. The zero-order valence-electron chi connectivity index (χ0n) is 11.2. The maximum atomic E-state index is 12.7. The summed E-state index contributed by atoms with van der Waals surface area (Å²) in [5.74, 6) is 0.0138. The zero-order valence-corrected chi connectivity index (χ0v) is 12.8. The van der Waals surface area contributed by atoms with Crippen molar-refractivity contribution < 1.29 is 8.42 Å². The second kappa shape index (κ2) is 5.10. The molecule has 3 aromatic heterocycles. The number of thiazole rings is 1. The maximum Gasteiger partial charge on any atom is 0.262 e. The van der Waals surface area contributed by atoms with Crippen LogP contribution in [0.2, 0.25) is 0 Å². The molecule has 0 fully saturated rings. The Labute approximate surface area is 125 Å². The Balaban J connectivity index is 2.00. The second-order valence-electron chi connectivity index (χ2n) is 4.48. The Morgan fingerprint density at radius 3 is 3.00 bits per heavy atom. The van der Waals surface area contributed by atoms with Crippen LogP contribution >= 0.6 is 11.3 Å². The van der Waals surface area contributed by atoms with Crippen molar-refractivity contribution in [3.8, 4) is 0 Å². The summed E-state index contributed by atoms with van der Waals surface area (Å²) in [6.45, 7) is 0.215. The molecule has 3 heterocycles. The van der Waals surface area contributed by atoms with Gasteiger partial charge in [-0.1, -0.05) is 6.07 Å². The molecule has 0 saturated carbocycles. The van der Waals surface area contributed by atoms with Crippen molar-refractivity contribution in [2.45, 2.75) is 11.6 Å². The number of pyridine rings is 1. The van der Waals surface area contributed by atoms with E-state index in [1.807, 2.05) is 6.07 Å². The number of fused-ring (bicyclic) bond motifs is 1. The predicted octanol–water partition coefficient (Wildman–Crippen LogP) is 1.19. The summed E-state index contributed by atoms with van der Waals surface area (Å²) in [5.41, 5.74) is 6.57. The van der Waals surface area contributed by atoms with E-state index in [0.717, 1.165) is 5.56 Å². The van der Waals surface area contributed by atoms with E-state index in [1.54, 1.807) is 30.0 Å². The minimum Gasteiger partial charge on any atom is -0.381 e. The van der Waals surface area contributed by atoms with Gasteiger partial charge >= 0.3 is 0 Å². The van der Waals surface area contributed by atoms with Gasteiger partial charge in [0.05, 0.1) is 0 Å². The molecule has 9 heteroatoms. The number of sulfonamides is 1. The lowest BCUT2D eigenvalue weighted by atomic mass is 10.3. The third kappa shape index (κ3) is 2.39. The Bertz CT molecular complexity index is 870. The van der Waals surface area contributed by atoms with Crippen molar-refractivity contribution in [2.75, 3.05) is 12.8 Å². The van der Waals surface area contributed by atoms with Crippen LogP contribution in [0.4, 0.5) is 5.82 Å². The van der Waals surface area contributed by atoms with Crippen LogP contribution < -0.4 is 5.73 Å². The van der Waals surface area contributed by atoms with E-state index >= 15 is 0 Å².